The lowest BCUT2D eigenvalue weighted by atomic mass is 9.98. The van der Waals surface area contributed by atoms with Crippen molar-refractivity contribution in [2.45, 2.75) is 39.3 Å². The lowest BCUT2D eigenvalue weighted by molar-refractivity contribution is -0.133. The molecule has 4 nitrogen and oxygen atoms in total. The van der Waals surface area contributed by atoms with Crippen molar-refractivity contribution in [1.29, 1.82) is 0 Å². The second-order valence-electron chi connectivity index (χ2n) is 5.67. The molecule has 0 radical (unpaired) electrons. The highest BCUT2D eigenvalue weighted by Crippen LogP contribution is 2.31. The first-order valence-corrected chi connectivity index (χ1v) is 7.69. The number of anilines is 1. The summed E-state index contributed by atoms with van der Waals surface area (Å²) in [6.07, 6.45) is 0.576. The van der Waals surface area contributed by atoms with Gasteiger partial charge in [-0.3, -0.25) is 14.5 Å². The van der Waals surface area contributed by atoms with Crippen molar-refractivity contribution in [2.24, 2.45) is 5.92 Å². The number of piperazine rings is 1. The Morgan fingerprint density at radius 1 is 1.38 bits per heavy atom. The Balaban J connectivity index is 2.38. The zero-order valence-corrected chi connectivity index (χ0v) is 13.8. The second-order valence-corrected chi connectivity index (χ2v) is 6.53. The van der Waals surface area contributed by atoms with Gasteiger partial charge in [-0.2, -0.15) is 0 Å². The SMILES string of the molecule is CC(C)CC1NC(=O)C(C)N(c2ccc(F)cc2Br)C1=O. The Morgan fingerprint density at radius 2 is 2.05 bits per heavy atom. The molecule has 0 aliphatic carbocycles. The molecule has 2 rings (SSSR count). The van der Waals surface area contributed by atoms with Crippen LogP contribution in [0.2, 0.25) is 0 Å². The lowest BCUT2D eigenvalue weighted by Gasteiger charge is -2.38. The molecule has 114 valence electrons. The second kappa shape index (κ2) is 6.13. The molecule has 1 aliphatic heterocycles. The number of halogens is 2. The molecule has 2 atom stereocenters. The fourth-order valence-electron chi connectivity index (χ4n) is 2.47. The van der Waals surface area contributed by atoms with Crippen LogP contribution in [0.3, 0.4) is 0 Å². The average Bonchev–Trinajstić information content (AvgIpc) is 2.38. The van der Waals surface area contributed by atoms with Crippen molar-refractivity contribution in [1.82, 2.24) is 5.32 Å². The highest BCUT2D eigenvalue weighted by Gasteiger charge is 2.39. The zero-order valence-electron chi connectivity index (χ0n) is 12.2. The first kappa shape index (κ1) is 15.9. The van der Waals surface area contributed by atoms with Gasteiger partial charge in [-0.15, -0.1) is 0 Å². The Bertz CT molecular complexity index is 577. The van der Waals surface area contributed by atoms with E-state index in [1.54, 1.807) is 6.92 Å². The molecular formula is C15H18BrFN2O2. The van der Waals surface area contributed by atoms with Crippen LogP contribution in [0.25, 0.3) is 0 Å². The smallest absolute Gasteiger partial charge is 0.250 e. The highest BCUT2D eigenvalue weighted by atomic mass is 79.9. The maximum atomic E-state index is 13.2. The summed E-state index contributed by atoms with van der Waals surface area (Å²) in [4.78, 5) is 26.2. The predicted octanol–water partition coefficient (Wildman–Crippen LogP) is 2.85. The predicted molar refractivity (Wildman–Crippen MR) is 82.4 cm³/mol. The van der Waals surface area contributed by atoms with E-state index in [2.05, 4.69) is 21.2 Å². The van der Waals surface area contributed by atoms with Gasteiger partial charge < -0.3 is 5.32 Å². The van der Waals surface area contributed by atoms with E-state index in [4.69, 9.17) is 0 Å². The monoisotopic (exact) mass is 356 g/mol. The lowest BCUT2D eigenvalue weighted by Crippen LogP contribution is -2.63. The van der Waals surface area contributed by atoms with Gasteiger partial charge in [-0.1, -0.05) is 13.8 Å². The summed E-state index contributed by atoms with van der Waals surface area (Å²) in [6.45, 7) is 5.65. The first-order chi connectivity index (χ1) is 9.81. The Labute approximate surface area is 131 Å². The molecule has 21 heavy (non-hydrogen) atoms. The normalized spacial score (nSPS) is 22.7. The van der Waals surface area contributed by atoms with Crippen LogP contribution in [0.5, 0.6) is 0 Å². The molecular weight excluding hydrogens is 339 g/mol. The number of rotatable bonds is 3. The molecule has 0 spiro atoms. The molecule has 2 amide bonds. The molecule has 0 bridgehead atoms. The summed E-state index contributed by atoms with van der Waals surface area (Å²) in [5, 5.41) is 2.76. The number of hydrogen-bond acceptors (Lipinski definition) is 2. The Kier molecular flexibility index (Phi) is 4.66. The minimum Gasteiger partial charge on any atom is -0.342 e. The maximum Gasteiger partial charge on any atom is 0.250 e. The molecule has 1 aliphatic rings. The van der Waals surface area contributed by atoms with E-state index >= 15 is 0 Å². The molecule has 6 heteroatoms. The van der Waals surface area contributed by atoms with Crippen molar-refractivity contribution in [2.75, 3.05) is 4.90 Å². The number of hydrogen-bond donors (Lipinski definition) is 1. The maximum absolute atomic E-state index is 13.2. The van der Waals surface area contributed by atoms with Gasteiger partial charge in [0.05, 0.1) is 5.69 Å². The highest BCUT2D eigenvalue weighted by molar-refractivity contribution is 9.10. The largest absolute Gasteiger partial charge is 0.342 e. The van der Waals surface area contributed by atoms with Crippen LogP contribution in [0.1, 0.15) is 27.2 Å². The first-order valence-electron chi connectivity index (χ1n) is 6.89. The molecule has 2 unspecified atom stereocenters. The van der Waals surface area contributed by atoms with Crippen molar-refractivity contribution in [3.8, 4) is 0 Å². The number of carbonyl (C=O) groups is 2. The van der Waals surface area contributed by atoms with Crippen molar-refractivity contribution < 1.29 is 14.0 Å². The topological polar surface area (TPSA) is 49.4 Å². The van der Waals surface area contributed by atoms with Crippen LogP contribution in [-0.2, 0) is 9.59 Å². The van der Waals surface area contributed by atoms with E-state index in [0.29, 0.717) is 16.6 Å². The molecule has 1 saturated heterocycles. The number of nitrogens with zero attached hydrogens (tertiary/aromatic N) is 1. The van der Waals surface area contributed by atoms with Gasteiger partial charge in [0, 0.05) is 4.47 Å². The summed E-state index contributed by atoms with van der Waals surface area (Å²) in [5.74, 6) is -0.475. The van der Waals surface area contributed by atoms with E-state index in [0.717, 1.165) is 0 Å². The Morgan fingerprint density at radius 3 is 2.62 bits per heavy atom. The minimum absolute atomic E-state index is 0.164. The molecule has 0 aromatic heterocycles. The number of benzene rings is 1. The van der Waals surface area contributed by atoms with Crippen LogP contribution in [0.15, 0.2) is 22.7 Å². The van der Waals surface area contributed by atoms with Gasteiger partial charge in [0.2, 0.25) is 11.8 Å². The zero-order chi connectivity index (χ0) is 15.7. The molecule has 1 fully saturated rings. The van der Waals surface area contributed by atoms with E-state index in [9.17, 15) is 14.0 Å². The molecule has 1 N–H and O–H groups in total. The van der Waals surface area contributed by atoms with E-state index in [-0.39, 0.29) is 17.7 Å². The van der Waals surface area contributed by atoms with Crippen molar-refractivity contribution in [3.05, 3.63) is 28.5 Å². The van der Waals surface area contributed by atoms with E-state index in [1.165, 1.54) is 23.1 Å². The van der Waals surface area contributed by atoms with Crippen LogP contribution < -0.4 is 10.2 Å². The standard InChI is InChI=1S/C15H18BrFN2O2/c1-8(2)6-12-15(21)19(9(3)14(20)18-12)13-5-4-10(17)7-11(13)16/h4-5,7-9,12H,6H2,1-3H3,(H,18,20). The quantitative estimate of drug-likeness (QED) is 0.905. The van der Waals surface area contributed by atoms with Crippen LogP contribution in [0, 0.1) is 11.7 Å². The van der Waals surface area contributed by atoms with E-state index < -0.39 is 17.9 Å². The van der Waals surface area contributed by atoms with Gasteiger partial charge in [0.25, 0.3) is 0 Å². The van der Waals surface area contributed by atoms with Gasteiger partial charge in [-0.25, -0.2) is 4.39 Å². The third kappa shape index (κ3) is 3.26. The molecule has 1 aromatic rings. The summed E-state index contributed by atoms with van der Waals surface area (Å²) >= 11 is 3.26. The summed E-state index contributed by atoms with van der Waals surface area (Å²) in [5.41, 5.74) is 0.512. The van der Waals surface area contributed by atoms with Crippen LogP contribution >= 0.6 is 15.9 Å². The number of carbonyl (C=O) groups excluding carboxylic acids is 2. The molecule has 0 saturated carbocycles. The fraction of sp³-hybridized carbons (Fsp3) is 0.467. The molecule has 1 heterocycles. The third-order valence-corrected chi connectivity index (χ3v) is 4.13. The number of nitrogens with one attached hydrogen (secondary N) is 1. The minimum atomic E-state index is -0.623. The van der Waals surface area contributed by atoms with Gasteiger partial charge >= 0.3 is 0 Å². The average molecular weight is 357 g/mol. The van der Waals surface area contributed by atoms with Crippen molar-refractivity contribution in [3.63, 3.8) is 0 Å². The Hall–Kier alpha value is -1.43. The molecule has 1 aromatic carbocycles. The summed E-state index contributed by atoms with van der Waals surface area (Å²) < 4.78 is 13.7. The van der Waals surface area contributed by atoms with Gasteiger partial charge in [0.1, 0.15) is 17.9 Å². The van der Waals surface area contributed by atoms with E-state index in [1.807, 2.05) is 13.8 Å². The fourth-order valence-corrected chi connectivity index (χ4v) is 3.01. The van der Waals surface area contributed by atoms with Crippen LogP contribution in [0.4, 0.5) is 10.1 Å². The van der Waals surface area contributed by atoms with Crippen LogP contribution in [-0.4, -0.2) is 23.9 Å². The number of amides is 2. The summed E-state index contributed by atoms with van der Waals surface area (Å²) in [6, 6.07) is 2.93. The van der Waals surface area contributed by atoms with Gasteiger partial charge in [-0.05, 0) is 53.4 Å². The van der Waals surface area contributed by atoms with Crippen molar-refractivity contribution >= 4 is 33.4 Å². The summed E-state index contributed by atoms with van der Waals surface area (Å²) in [7, 11) is 0. The van der Waals surface area contributed by atoms with Gasteiger partial charge in [0.15, 0.2) is 0 Å². The third-order valence-electron chi connectivity index (χ3n) is 3.50.